The van der Waals surface area contributed by atoms with Crippen LogP contribution in [0.4, 0.5) is 16.2 Å². The number of aromatic nitrogens is 4. The van der Waals surface area contributed by atoms with E-state index in [2.05, 4.69) is 20.1 Å². The molecule has 3 aliphatic rings. The molecule has 1 aliphatic heterocycles. The summed E-state index contributed by atoms with van der Waals surface area (Å²) < 4.78 is 15.9. The highest BCUT2D eigenvalue weighted by atomic mass is 19.1. The molecule has 8 nitrogen and oxygen atoms in total. The van der Waals surface area contributed by atoms with Crippen LogP contribution in [-0.4, -0.2) is 55.6 Å². The van der Waals surface area contributed by atoms with E-state index < -0.39 is 0 Å². The molecule has 3 heterocycles. The van der Waals surface area contributed by atoms with E-state index in [4.69, 9.17) is 20.7 Å². The Balaban J connectivity index is 1.18. The molecule has 0 amide bonds. The van der Waals surface area contributed by atoms with Crippen LogP contribution in [0.3, 0.4) is 0 Å². The van der Waals surface area contributed by atoms with Crippen molar-refractivity contribution in [1.82, 2.24) is 24.4 Å². The molecule has 0 bridgehead atoms. The van der Waals surface area contributed by atoms with Gasteiger partial charge in [-0.15, -0.1) is 0 Å². The molecular formula is C28H39FN8. The molecule has 2 aromatic heterocycles. The average Bonchev–Trinajstić information content (AvgIpc) is 3.57. The molecule has 0 atom stereocenters. The first-order valence-corrected chi connectivity index (χ1v) is 14.1. The molecule has 1 saturated heterocycles. The molecule has 3 fully saturated rings. The summed E-state index contributed by atoms with van der Waals surface area (Å²) in [7, 11) is 0. The summed E-state index contributed by atoms with van der Waals surface area (Å²) in [5.41, 5.74) is 8.96. The number of hydrogen-bond donors (Lipinski definition) is 3. The Labute approximate surface area is 218 Å². The SMILES string of the molecule is NC1CCC(Nc2nc(NC3CCN(Cc4cccc(F)c4)CC3)c3ncn(C4CCCC4)c3n2)CC1. The van der Waals surface area contributed by atoms with Crippen LogP contribution < -0.4 is 16.4 Å². The van der Waals surface area contributed by atoms with Crippen molar-refractivity contribution in [3.05, 3.63) is 42.0 Å². The third-order valence-electron chi connectivity index (χ3n) is 8.47. The van der Waals surface area contributed by atoms with Gasteiger partial charge in [0.15, 0.2) is 17.0 Å². The number of imidazole rings is 1. The smallest absolute Gasteiger partial charge is 0.227 e. The van der Waals surface area contributed by atoms with E-state index in [9.17, 15) is 4.39 Å². The topological polar surface area (TPSA) is 96.9 Å². The summed E-state index contributed by atoms with van der Waals surface area (Å²) in [4.78, 5) is 17.1. The molecule has 9 heteroatoms. The van der Waals surface area contributed by atoms with Crippen LogP contribution in [0.25, 0.3) is 11.2 Å². The monoisotopic (exact) mass is 506 g/mol. The van der Waals surface area contributed by atoms with Crippen LogP contribution in [-0.2, 0) is 6.54 Å². The van der Waals surface area contributed by atoms with Crippen LogP contribution >= 0.6 is 0 Å². The highest BCUT2D eigenvalue weighted by Crippen LogP contribution is 2.34. The Kier molecular flexibility index (Phi) is 7.24. The van der Waals surface area contributed by atoms with Gasteiger partial charge in [0.25, 0.3) is 0 Å². The fourth-order valence-electron chi connectivity index (χ4n) is 6.30. The number of likely N-dealkylation sites (tertiary alicyclic amines) is 1. The summed E-state index contributed by atoms with van der Waals surface area (Å²) in [6, 6.07) is 8.39. The molecule has 0 unspecified atom stereocenters. The van der Waals surface area contributed by atoms with Gasteiger partial charge in [-0.1, -0.05) is 25.0 Å². The molecule has 3 aromatic rings. The predicted molar refractivity (Wildman–Crippen MR) is 145 cm³/mol. The maximum Gasteiger partial charge on any atom is 0.227 e. The van der Waals surface area contributed by atoms with Crippen molar-refractivity contribution < 1.29 is 4.39 Å². The van der Waals surface area contributed by atoms with Gasteiger partial charge in [-0.2, -0.15) is 9.97 Å². The molecule has 0 radical (unpaired) electrons. The fraction of sp³-hybridized carbons (Fsp3) is 0.607. The Bertz CT molecular complexity index is 1190. The quantitative estimate of drug-likeness (QED) is 0.422. The minimum absolute atomic E-state index is 0.167. The van der Waals surface area contributed by atoms with Crippen molar-refractivity contribution >= 4 is 22.9 Å². The third-order valence-corrected chi connectivity index (χ3v) is 8.47. The number of benzene rings is 1. The van der Waals surface area contributed by atoms with Gasteiger partial charge in [0.2, 0.25) is 5.95 Å². The number of hydrogen-bond acceptors (Lipinski definition) is 7. The Morgan fingerprint density at radius 3 is 2.43 bits per heavy atom. The van der Waals surface area contributed by atoms with Crippen LogP contribution in [0.1, 0.15) is 75.8 Å². The molecule has 1 aromatic carbocycles. The maximum absolute atomic E-state index is 13.6. The summed E-state index contributed by atoms with van der Waals surface area (Å²) >= 11 is 0. The first-order valence-electron chi connectivity index (χ1n) is 14.1. The maximum atomic E-state index is 13.6. The van der Waals surface area contributed by atoms with Gasteiger partial charge in [0, 0.05) is 43.8 Å². The first kappa shape index (κ1) is 24.6. The zero-order valence-corrected chi connectivity index (χ0v) is 21.6. The van der Waals surface area contributed by atoms with Gasteiger partial charge < -0.3 is 20.9 Å². The van der Waals surface area contributed by atoms with Gasteiger partial charge in [-0.05, 0) is 69.1 Å². The summed E-state index contributed by atoms with van der Waals surface area (Å²) in [5, 5.41) is 7.35. The molecular weight excluding hydrogens is 467 g/mol. The van der Waals surface area contributed by atoms with E-state index in [1.54, 1.807) is 12.1 Å². The zero-order chi connectivity index (χ0) is 25.2. The fourth-order valence-corrected chi connectivity index (χ4v) is 6.30. The summed E-state index contributed by atoms with van der Waals surface area (Å²) in [6.07, 6.45) is 13.1. The highest BCUT2D eigenvalue weighted by molar-refractivity contribution is 5.84. The number of rotatable bonds is 7. The number of piperidine rings is 1. The number of nitrogens with two attached hydrogens (primary N) is 1. The zero-order valence-electron chi connectivity index (χ0n) is 21.6. The Morgan fingerprint density at radius 1 is 0.919 bits per heavy atom. The molecule has 198 valence electrons. The van der Waals surface area contributed by atoms with Crippen molar-refractivity contribution in [2.24, 2.45) is 5.73 Å². The highest BCUT2D eigenvalue weighted by Gasteiger charge is 2.26. The van der Waals surface area contributed by atoms with Crippen molar-refractivity contribution in [3.63, 3.8) is 0 Å². The van der Waals surface area contributed by atoms with Crippen molar-refractivity contribution in [2.45, 2.75) is 94.9 Å². The molecule has 2 aliphatic carbocycles. The van der Waals surface area contributed by atoms with E-state index in [1.807, 2.05) is 12.4 Å². The minimum atomic E-state index is -0.167. The van der Waals surface area contributed by atoms with E-state index in [0.717, 1.165) is 80.7 Å². The minimum Gasteiger partial charge on any atom is -0.365 e. The second kappa shape index (κ2) is 10.9. The molecule has 2 saturated carbocycles. The lowest BCUT2D eigenvalue weighted by Gasteiger charge is -2.32. The Morgan fingerprint density at radius 2 is 1.68 bits per heavy atom. The Hall–Kier alpha value is -2.78. The van der Waals surface area contributed by atoms with Gasteiger partial charge in [-0.3, -0.25) is 4.90 Å². The van der Waals surface area contributed by atoms with E-state index in [-0.39, 0.29) is 5.82 Å². The van der Waals surface area contributed by atoms with Crippen molar-refractivity contribution in [3.8, 4) is 0 Å². The molecule has 0 spiro atoms. The van der Waals surface area contributed by atoms with Crippen molar-refractivity contribution in [2.75, 3.05) is 23.7 Å². The summed E-state index contributed by atoms with van der Waals surface area (Å²) in [5.74, 6) is 1.36. The second-order valence-electron chi connectivity index (χ2n) is 11.2. The molecule has 4 N–H and O–H groups in total. The van der Waals surface area contributed by atoms with Crippen LogP contribution in [0.15, 0.2) is 30.6 Å². The van der Waals surface area contributed by atoms with Crippen LogP contribution in [0.5, 0.6) is 0 Å². The van der Waals surface area contributed by atoms with Gasteiger partial charge >= 0.3 is 0 Å². The largest absolute Gasteiger partial charge is 0.365 e. The molecule has 6 rings (SSSR count). The molecule has 37 heavy (non-hydrogen) atoms. The van der Waals surface area contributed by atoms with E-state index >= 15 is 0 Å². The third kappa shape index (κ3) is 5.72. The normalized spacial score (nSPS) is 24.1. The lowest BCUT2D eigenvalue weighted by Crippen LogP contribution is -2.39. The number of anilines is 2. The number of halogens is 1. The second-order valence-corrected chi connectivity index (χ2v) is 11.2. The lowest BCUT2D eigenvalue weighted by molar-refractivity contribution is 0.211. The van der Waals surface area contributed by atoms with Crippen LogP contribution in [0.2, 0.25) is 0 Å². The van der Waals surface area contributed by atoms with E-state index in [0.29, 0.717) is 30.1 Å². The first-order chi connectivity index (χ1) is 18.1. The predicted octanol–water partition coefficient (Wildman–Crippen LogP) is 4.84. The van der Waals surface area contributed by atoms with Crippen LogP contribution in [0, 0.1) is 5.82 Å². The lowest BCUT2D eigenvalue weighted by atomic mass is 9.92. The number of nitrogens with zero attached hydrogens (tertiary/aromatic N) is 5. The standard InChI is InChI=1S/C28H39FN8/c29-20-5-3-4-19(16-20)17-36-14-12-23(13-15-36)32-26-25-27(37(18-31-25)24-6-1-2-7-24)35-28(34-26)33-22-10-8-21(30)9-11-22/h3-5,16,18,21-24H,1-2,6-15,17,30H2,(H2,32,33,34,35). The number of nitrogens with one attached hydrogen (secondary N) is 2. The van der Waals surface area contributed by atoms with Gasteiger partial charge in [0.05, 0.1) is 6.33 Å². The van der Waals surface area contributed by atoms with Crippen molar-refractivity contribution in [1.29, 1.82) is 0 Å². The van der Waals surface area contributed by atoms with Gasteiger partial charge in [0.1, 0.15) is 5.82 Å². The summed E-state index contributed by atoms with van der Waals surface area (Å²) in [6.45, 7) is 2.71. The van der Waals surface area contributed by atoms with Gasteiger partial charge in [-0.25, -0.2) is 9.37 Å². The number of fused-ring (bicyclic) bond motifs is 1. The van der Waals surface area contributed by atoms with E-state index in [1.165, 1.54) is 31.7 Å². The average molecular weight is 507 g/mol.